The Morgan fingerprint density at radius 3 is 2.68 bits per heavy atom. The van der Waals surface area contributed by atoms with Gasteiger partial charge in [-0.05, 0) is 19.3 Å². The quantitative estimate of drug-likeness (QED) is 0.582. The topological polar surface area (TPSA) is 93.0 Å². The van der Waals surface area contributed by atoms with E-state index in [0.717, 1.165) is 12.8 Å². The molecule has 2 atom stereocenters. The fourth-order valence-electron chi connectivity index (χ4n) is 1.80. The predicted octanol–water partition coefficient (Wildman–Crippen LogP) is 2.66. The molecule has 2 unspecified atom stereocenters. The summed E-state index contributed by atoms with van der Waals surface area (Å²) in [5.41, 5.74) is -0.102. The van der Waals surface area contributed by atoms with E-state index in [-0.39, 0.29) is 17.5 Å². The number of hydrogen-bond donors (Lipinski definition) is 2. The standard InChI is InChI=1S/C12H21N5O2/c1-5-8(2)6-9(3)15-11-10(17(18)19)7-14-12(13-4)16-11/h7-9H,5-6H2,1-4H3,(H2,13,14,15,16). The van der Waals surface area contributed by atoms with E-state index >= 15 is 0 Å². The van der Waals surface area contributed by atoms with Crippen LogP contribution in [0.5, 0.6) is 0 Å². The lowest BCUT2D eigenvalue weighted by molar-refractivity contribution is -0.384. The van der Waals surface area contributed by atoms with Gasteiger partial charge in [0.25, 0.3) is 0 Å². The lowest BCUT2D eigenvalue weighted by atomic mass is 10.0. The Morgan fingerprint density at radius 1 is 1.47 bits per heavy atom. The highest BCUT2D eigenvalue weighted by Gasteiger charge is 2.19. The van der Waals surface area contributed by atoms with Gasteiger partial charge in [0.1, 0.15) is 6.20 Å². The Labute approximate surface area is 113 Å². The van der Waals surface area contributed by atoms with Gasteiger partial charge in [-0.15, -0.1) is 0 Å². The summed E-state index contributed by atoms with van der Waals surface area (Å²) in [4.78, 5) is 18.4. The first kappa shape index (κ1) is 15.1. The summed E-state index contributed by atoms with van der Waals surface area (Å²) in [6.45, 7) is 6.28. The molecule has 1 aromatic heterocycles. The average molecular weight is 267 g/mol. The van der Waals surface area contributed by atoms with Crippen molar-refractivity contribution >= 4 is 17.5 Å². The zero-order valence-corrected chi connectivity index (χ0v) is 11.8. The van der Waals surface area contributed by atoms with Crippen LogP contribution >= 0.6 is 0 Å². The zero-order chi connectivity index (χ0) is 14.4. The Kier molecular flexibility index (Phi) is 5.47. The van der Waals surface area contributed by atoms with Crippen LogP contribution < -0.4 is 10.6 Å². The molecule has 0 aliphatic heterocycles. The van der Waals surface area contributed by atoms with Gasteiger partial charge in [0.05, 0.1) is 4.92 Å². The molecule has 0 saturated heterocycles. The van der Waals surface area contributed by atoms with Crippen LogP contribution in [0.1, 0.15) is 33.6 Å². The van der Waals surface area contributed by atoms with Crippen LogP contribution in [0, 0.1) is 16.0 Å². The smallest absolute Gasteiger partial charge is 0.329 e. The molecule has 1 aromatic rings. The lowest BCUT2D eigenvalue weighted by Crippen LogP contribution is -2.20. The maximum absolute atomic E-state index is 10.9. The summed E-state index contributed by atoms with van der Waals surface area (Å²) in [5, 5.41) is 16.8. The summed E-state index contributed by atoms with van der Waals surface area (Å²) >= 11 is 0. The summed E-state index contributed by atoms with van der Waals surface area (Å²) in [7, 11) is 1.67. The summed E-state index contributed by atoms with van der Waals surface area (Å²) in [6, 6.07) is 0.119. The van der Waals surface area contributed by atoms with Crippen LogP contribution in [0.4, 0.5) is 17.5 Å². The highest BCUT2D eigenvalue weighted by molar-refractivity contribution is 5.57. The van der Waals surface area contributed by atoms with E-state index in [9.17, 15) is 10.1 Å². The van der Waals surface area contributed by atoms with Crippen molar-refractivity contribution in [1.82, 2.24) is 9.97 Å². The molecule has 1 heterocycles. The van der Waals surface area contributed by atoms with Crippen LogP contribution in [0.15, 0.2) is 6.20 Å². The van der Waals surface area contributed by atoms with E-state index in [1.807, 2.05) is 6.92 Å². The molecule has 0 amide bonds. The predicted molar refractivity (Wildman–Crippen MR) is 75.4 cm³/mol. The molecule has 7 heteroatoms. The molecule has 19 heavy (non-hydrogen) atoms. The maximum Gasteiger partial charge on any atom is 0.329 e. The minimum atomic E-state index is -0.474. The van der Waals surface area contributed by atoms with Gasteiger partial charge in [-0.1, -0.05) is 20.3 Å². The number of nitro groups is 1. The average Bonchev–Trinajstić information content (AvgIpc) is 2.37. The normalized spacial score (nSPS) is 13.7. The molecule has 0 spiro atoms. The Balaban J connectivity index is 2.88. The van der Waals surface area contributed by atoms with E-state index in [1.165, 1.54) is 6.20 Å². The minimum absolute atomic E-state index is 0.102. The van der Waals surface area contributed by atoms with Crippen molar-refractivity contribution in [3.8, 4) is 0 Å². The van der Waals surface area contributed by atoms with Crippen molar-refractivity contribution < 1.29 is 4.92 Å². The highest BCUT2D eigenvalue weighted by atomic mass is 16.6. The fraction of sp³-hybridized carbons (Fsp3) is 0.667. The van der Waals surface area contributed by atoms with Gasteiger partial charge in [-0.2, -0.15) is 4.98 Å². The van der Waals surface area contributed by atoms with Gasteiger partial charge >= 0.3 is 5.69 Å². The molecular weight excluding hydrogens is 246 g/mol. The molecule has 0 radical (unpaired) electrons. The van der Waals surface area contributed by atoms with Crippen LogP contribution in [-0.2, 0) is 0 Å². The summed E-state index contributed by atoms with van der Waals surface area (Å²) in [6.07, 6.45) is 3.24. The molecule has 106 valence electrons. The van der Waals surface area contributed by atoms with Crippen molar-refractivity contribution in [2.45, 2.75) is 39.7 Å². The van der Waals surface area contributed by atoms with Gasteiger partial charge in [0, 0.05) is 13.1 Å². The number of nitrogens with zero attached hydrogens (tertiary/aromatic N) is 3. The third-order valence-electron chi connectivity index (χ3n) is 3.03. The lowest BCUT2D eigenvalue weighted by Gasteiger charge is -2.18. The molecule has 0 aliphatic rings. The molecular formula is C12H21N5O2. The van der Waals surface area contributed by atoms with Crippen molar-refractivity contribution in [2.75, 3.05) is 17.7 Å². The van der Waals surface area contributed by atoms with E-state index in [0.29, 0.717) is 11.9 Å². The first-order valence-corrected chi connectivity index (χ1v) is 6.43. The van der Waals surface area contributed by atoms with Gasteiger partial charge in [-0.3, -0.25) is 10.1 Å². The van der Waals surface area contributed by atoms with E-state index in [1.54, 1.807) is 7.05 Å². The molecule has 0 aliphatic carbocycles. The largest absolute Gasteiger partial charge is 0.362 e. The Morgan fingerprint density at radius 2 is 2.16 bits per heavy atom. The van der Waals surface area contributed by atoms with Gasteiger partial charge in [-0.25, -0.2) is 4.98 Å². The first-order chi connectivity index (χ1) is 8.97. The zero-order valence-electron chi connectivity index (χ0n) is 11.8. The summed E-state index contributed by atoms with van der Waals surface area (Å²) < 4.78 is 0. The van der Waals surface area contributed by atoms with Crippen LogP contribution in [-0.4, -0.2) is 28.0 Å². The van der Waals surface area contributed by atoms with E-state index in [4.69, 9.17) is 0 Å². The highest BCUT2D eigenvalue weighted by Crippen LogP contribution is 2.24. The van der Waals surface area contributed by atoms with Gasteiger partial charge in [0.2, 0.25) is 11.8 Å². The van der Waals surface area contributed by atoms with Gasteiger partial charge < -0.3 is 10.6 Å². The molecule has 2 N–H and O–H groups in total. The minimum Gasteiger partial charge on any atom is -0.362 e. The van der Waals surface area contributed by atoms with Crippen molar-refractivity contribution in [3.63, 3.8) is 0 Å². The SMILES string of the molecule is CCC(C)CC(C)Nc1nc(NC)ncc1[N+](=O)[O-]. The van der Waals surface area contributed by atoms with E-state index < -0.39 is 4.92 Å². The molecule has 7 nitrogen and oxygen atoms in total. The van der Waals surface area contributed by atoms with Crippen LogP contribution in [0.25, 0.3) is 0 Å². The maximum atomic E-state index is 10.9. The third-order valence-corrected chi connectivity index (χ3v) is 3.03. The molecule has 1 rings (SSSR count). The van der Waals surface area contributed by atoms with Crippen molar-refractivity contribution in [2.24, 2.45) is 5.92 Å². The number of nitrogens with one attached hydrogen (secondary N) is 2. The Hall–Kier alpha value is -1.92. The monoisotopic (exact) mass is 267 g/mol. The van der Waals surface area contributed by atoms with Crippen LogP contribution in [0.2, 0.25) is 0 Å². The second-order valence-corrected chi connectivity index (χ2v) is 4.73. The van der Waals surface area contributed by atoms with E-state index in [2.05, 4.69) is 34.4 Å². The van der Waals surface area contributed by atoms with Gasteiger partial charge in [0.15, 0.2) is 0 Å². The number of hydrogen-bond acceptors (Lipinski definition) is 6. The fourth-order valence-corrected chi connectivity index (χ4v) is 1.80. The second kappa shape index (κ2) is 6.86. The number of rotatable bonds is 7. The third kappa shape index (κ3) is 4.35. The number of anilines is 2. The molecule has 0 bridgehead atoms. The first-order valence-electron chi connectivity index (χ1n) is 6.43. The summed E-state index contributed by atoms with van der Waals surface area (Å²) in [5.74, 6) is 1.19. The molecule has 0 saturated carbocycles. The van der Waals surface area contributed by atoms with Crippen molar-refractivity contribution in [1.29, 1.82) is 0 Å². The van der Waals surface area contributed by atoms with Crippen molar-refractivity contribution in [3.05, 3.63) is 16.3 Å². The van der Waals surface area contributed by atoms with Crippen LogP contribution in [0.3, 0.4) is 0 Å². The molecule has 0 fully saturated rings. The second-order valence-electron chi connectivity index (χ2n) is 4.73. The molecule has 0 aromatic carbocycles. The number of aromatic nitrogens is 2. The Bertz CT molecular complexity index is 438.